The number of amides is 1. The lowest BCUT2D eigenvalue weighted by molar-refractivity contribution is -0.129. The maximum atomic E-state index is 11.0. The SMILES string of the molecule is CNC(=O)C1(C#N)CNC1. The summed E-state index contributed by atoms with van der Waals surface area (Å²) in [6, 6.07) is 1.99. The van der Waals surface area contributed by atoms with Crippen molar-refractivity contribution in [3.05, 3.63) is 0 Å². The van der Waals surface area contributed by atoms with Crippen LogP contribution in [0.15, 0.2) is 0 Å². The fraction of sp³-hybridized carbons (Fsp3) is 0.667. The van der Waals surface area contributed by atoms with Crippen molar-refractivity contribution in [1.82, 2.24) is 10.6 Å². The third-order valence-corrected chi connectivity index (χ3v) is 1.73. The van der Waals surface area contributed by atoms with Gasteiger partial charge in [-0.3, -0.25) is 4.79 Å². The normalized spacial score (nSPS) is 20.4. The van der Waals surface area contributed by atoms with Crippen molar-refractivity contribution >= 4 is 5.91 Å². The minimum atomic E-state index is -0.783. The highest BCUT2D eigenvalue weighted by molar-refractivity contribution is 5.86. The first-order valence-corrected chi connectivity index (χ1v) is 3.09. The van der Waals surface area contributed by atoms with Crippen LogP contribution in [-0.4, -0.2) is 26.0 Å². The smallest absolute Gasteiger partial charge is 0.242 e. The Morgan fingerprint density at radius 3 is 2.50 bits per heavy atom. The summed E-state index contributed by atoms with van der Waals surface area (Å²) in [6.45, 7) is 0.951. The summed E-state index contributed by atoms with van der Waals surface area (Å²) in [7, 11) is 1.54. The van der Waals surface area contributed by atoms with Crippen LogP contribution in [0.1, 0.15) is 0 Å². The van der Waals surface area contributed by atoms with Gasteiger partial charge in [0.1, 0.15) is 0 Å². The summed E-state index contributed by atoms with van der Waals surface area (Å²) in [6.07, 6.45) is 0. The molecule has 1 fully saturated rings. The van der Waals surface area contributed by atoms with Crippen molar-refractivity contribution in [2.45, 2.75) is 0 Å². The molecule has 0 atom stereocenters. The zero-order chi connectivity index (χ0) is 7.61. The number of rotatable bonds is 1. The maximum absolute atomic E-state index is 11.0. The molecule has 0 aliphatic carbocycles. The van der Waals surface area contributed by atoms with Gasteiger partial charge in [-0.25, -0.2) is 0 Å². The van der Waals surface area contributed by atoms with Gasteiger partial charge in [0.15, 0.2) is 5.41 Å². The van der Waals surface area contributed by atoms with Gasteiger partial charge < -0.3 is 10.6 Å². The first-order chi connectivity index (χ1) is 4.75. The van der Waals surface area contributed by atoms with Crippen molar-refractivity contribution in [3.8, 4) is 6.07 Å². The highest BCUT2D eigenvalue weighted by Gasteiger charge is 2.44. The number of nitriles is 1. The molecular weight excluding hydrogens is 130 g/mol. The number of hydrogen-bond donors (Lipinski definition) is 2. The van der Waals surface area contributed by atoms with Gasteiger partial charge in [0.05, 0.1) is 6.07 Å². The van der Waals surface area contributed by atoms with Crippen molar-refractivity contribution < 1.29 is 4.79 Å². The second-order valence-electron chi connectivity index (χ2n) is 2.38. The number of hydrogen-bond acceptors (Lipinski definition) is 3. The summed E-state index contributed by atoms with van der Waals surface area (Å²) in [5, 5.41) is 13.9. The average Bonchev–Trinajstić information content (AvgIpc) is 1.86. The van der Waals surface area contributed by atoms with Crippen LogP contribution >= 0.6 is 0 Å². The molecule has 1 saturated heterocycles. The lowest BCUT2D eigenvalue weighted by atomic mass is 9.82. The topological polar surface area (TPSA) is 64.9 Å². The molecule has 2 N–H and O–H groups in total. The maximum Gasteiger partial charge on any atom is 0.242 e. The largest absolute Gasteiger partial charge is 0.358 e. The molecular formula is C6H9N3O. The molecule has 4 heteroatoms. The first-order valence-electron chi connectivity index (χ1n) is 3.09. The number of carbonyl (C=O) groups is 1. The zero-order valence-corrected chi connectivity index (χ0v) is 5.77. The summed E-state index contributed by atoms with van der Waals surface area (Å²) in [4.78, 5) is 11.0. The average molecular weight is 139 g/mol. The van der Waals surface area contributed by atoms with Gasteiger partial charge in [0.25, 0.3) is 0 Å². The van der Waals surface area contributed by atoms with Crippen LogP contribution in [-0.2, 0) is 4.79 Å². The van der Waals surface area contributed by atoms with E-state index in [1.807, 2.05) is 6.07 Å². The predicted octanol–water partition coefficient (Wildman–Crippen LogP) is -1.15. The van der Waals surface area contributed by atoms with E-state index >= 15 is 0 Å². The van der Waals surface area contributed by atoms with E-state index in [1.165, 1.54) is 0 Å². The molecule has 1 rings (SSSR count). The van der Waals surface area contributed by atoms with Crippen LogP contribution in [0.25, 0.3) is 0 Å². The Balaban J connectivity index is 2.67. The molecule has 0 radical (unpaired) electrons. The Hall–Kier alpha value is -1.08. The second kappa shape index (κ2) is 2.27. The van der Waals surface area contributed by atoms with Crippen LogP contribution in [0.3, 0.4) is 0 Å². The molecule has 1 heterocycles. The molecule has 4 nitrogen and oxygen atoms in total. The van der Waals surface area contributed by atoms with Gasteiger partial charge in [-0.05, 0) is 0 Å². The molecule has 0 unspecified atom stereocenters. The third kappa shape index (κ3) is 0.755. The predicted molar refractivity (Wildman–Crippen MR) is 35.0 cm³/mol. The van der Waals surface area contributed by atoms with E-state index in [2.05, 4.69) is 10.6 Å². The van der Waals surface area contributed by atoms with E-state index in [-0.39, 0.29) is 5.91 Å². The fourth-order valence-electron chi connectivity index (χ4n) is 0.905. The molecule has 0 bridgehead atoms. The van der Waals surface area contributed by atoms with E-state index in [4.69, 9.17) is 5.26 Å². The summed E-state index contributed by atoms with van der Waals surface area (Å²) in [5.74, 6) is -0.186. The minimum Gasteiger partial charge on any atom is -0.358 e. The Bertz CT molecular complexity index is 190. The molecule has 10 heavy (non-hydrogen) atoms. The Morgan fingerprint density at radius 1 is 1.80 bits per heavy atom. The van der Waals surface area contributed by atoms with Crippen LogP contribution in [0.5, 0.6) is 0 Å². The standard InChI is InChI=1S/C6H9N3O/c1-8-5(10)6(2-7)3-9-4-6/h9H,3-4H2,1H3,(H,8,10). The van der Waals surface area contributed by atoms with Gasteiger partial charge >= 0.3 is 0 Å². The lowest BCUT2D eigenvalue weighted by Gasteiger charge is -2.33. The Morgan fingerprint density at radius 2 is 2.40 bits per heavy atom. The van der Waals surface area contributed by atoms with Crippen molar-refractivity contribution in [1.29, 1.82) is 5.26 Å². The van der Waals surface area contributed by atoms with Crippen molar-refractivity contribution in [2.75, 3.05) is 20.1 Å². The summed E-state index contributed by atoms with van der Waals surface area (Å²) in [5.41, 5.74) is -0.783. The molecule has 0 aromatic heterocycles. The monoisotopic (exact) mass is 139 g/mol. The van der Waals surface area contributed by atoms with Crippen molar-refractivity contribution in [2.24, 2.45) is 5.41 Å². The second-order valence-corrected chi connectivity index (χ2v) is 2.38. The Kier molecular flexibility index (Phi) is 1.60. The van der Waals surface area contributed by atoms with Gasteiger partial charge in [0, 0.05) is 20.1 Å². The quantitative estimate of drug-likeness (QED) is 0.482. The highest BCUT2D eigenvalue weighted by atomic mass is 16.2. The third-order valence-electron chi connectivity index (χ3n) is 1.73. The van der Waals surface area contributed by atoms with Gasteiger partial charge in [-0.1, -0.05) is 0 Å². The van der Waals surface area contributed by atoms with Gasteiger partial charge in [-0.15, -0.1) is 0 Å². The number of nitrogens with one attached hydrogen (secondary N) is 2. The van der Waals surface area contributed by atoms with Crippen LogP contribution in [0, 0.1) is 16.7 Å². The van der Waals surface area contributed by atoms with Crippen molar-refractivity contribution in [3.63, 3.8) is 0 Å². The van der Waals surface area contributed by atoms with E-state index in [9.17, 15) is 4.79 Å². The Labute approximate surface area is 59.2 Å². The van der Waals surface area contributed by atoms with E-state index in [0.29, 0.717) is 13.1 Å². The van der Waals surface area contributed by atoms with Crippen LogP contribution in [0.4, 0.5) is 0 Å². The van der Waals surface area contributed by atoms with Gasteiger partial charge in [-0.2, -0.15) is 5.26 Å². The van der Waals surface area contributed by atoms with E-state index in [0.717, 1.165) is 0 Å². The van der Waals surface area contributed by atoms with Crippen LogP contribution in [0.2, 0.25) is 0 Å². The number of carbonyl (C=O) groups excluding carboxylic acids is 1. The summed E-state index contributed by atoms with van der Waals surface area (Å²) < 4.78 is 0. The molecule has 1 aliphatic rings. The molecule has 1 aliphatic heterocycles. The molecule has 1 amide bonds. The highest BCUT2D eigenvalue weighted by Crippen LogP contribution is 2.20. The van der Waals surface area contributed by atoms with Crippen LogP contribution < -0.4 is 10.6 Å². The molecule has 0 saturated carbocycles. The fourth-order valence-corrected chi connectivity index (χ4v) is 0.905. The zero-order valence-electron chi connectivity index (χ0n) is 5.77. The molecule has 54 valence electrons. The molecule has 0 spiro atoms. The van der Waals surface area contributed by atoms with E-state index in [1.54, 1.807) is 7.05 Å². The summed E-state index contributed by atoms with van der Waals surface area (Å²) >= 11 is 0. The van der Waals surface area contributed by atoms with E-state index < -0.39 is 5.41 Å². The van der Waals surface area contributed by atoms with Gasteiger partial charge in [0.2, 0.25) is 5.91 Å². The first kappa shape index (κ1) is 7.03. The lowest BCUT2D eigenvalue weighted by Crippen LogP contribution is -2.60. The molecule has 0 aromatic carbocycles. The minimum absolute atomic E-state index is 0.186. The number of nitrogens with zero attached hydrogens (tertiary/aromatic N) is 1. The molecule has 0 aromatic rings.